The number of benzene rings is 1. The first-order chi connectivity index (χ1) is 11.0. The number of amides is 1. The monoisotopic (exact) mass is 323 g/mol. The predicted molar refractivity (Wildman–Crippen MR) is 78.0 cm³/mol. The van der Waals surface area contributed by atoms with Crippen molar-refractivity contribution in [2.24, 2.45) is 0 Å². The lowest BCUT2D eigenvalue weighted by molar-refractivity contribution is -0.146. The first-order valence-electron chi connectivity index (χ1n) is 7.55. The van der Waals surface area contributed by atoms with E-state index in [1.54, 1.807) is 4.90 Å². The topological polar surface area (TPSA) is 76.1 Å². The van der Waals surface area contributed by atoms with Crippen LogP contribution in [0.1, 0.15) is 33.6 Å². The van der Waals surface area contributed by atoms with E-state index in [1.165, 1.54) is 12.1 Å². The van der Waals surface area contributed by atoms with Gasteiger partial charge in [0.15, 0.2) is 0 Å². The van der Waals surface area contributed by atoms with E-state index in [0.717, 1.165) is 6.07 Å². The van der Waals surface area contributed by atoms with Crippen LogP contribution in [0.3, 0.4) is 0 Å². The molecule has 7 heteroatoms. The lowest BCUT2D eigenvalue weighted by atomic mass is 9.92. The fourth-order valence-corrected chi connectivity index (χ4v) is 3.06. The van der Waals surface area contributed by atoms with Crippen LogP contribution in [0, 0.1) is 5.82 Å². The molecule has 0 bridgehead atoms. The minimum Gasteiger partial charge on any atom is -0.478 e. The smallest absolute Gasteiger partial charge is 0.335 e. The second-order valence-electron chi connectivity index (χ2n) is 5.87. The minimum atomic E-state index is -1.23. The Hall–Kier alpha value is -1.99. The van der Waals surface area contributed by atoms with Gasteiger partial charge < -0.3 is 19.5 Å². The lowest BCUT2D eigenvalue weighted by Gasteiger charge is -2.44. The van der Waals surface area contributed by atoms with Gasteiger partial charge in [0, 0.05) is 32.6 Å². The van der Waals surface area contributed by atoms with Gasteiger partial charge >= 0.3 is 5.97 Å². The number of carboxylic acid groups (broad SMARTS) is 1. The molecule has 1 spiro atoms. The molecule has 2 fully saturated rings. The molecule has 2 heterocycles. The predicted octanol–water partition coefficient (Wildman–Crippen LogP) is 1.55. The molecule has 0 aromatic heterocycles. The Bertz CT molecular complexity index is 621. The van der Waals surface area contributed by atoms with Gasteiger partial charge in [-0.1, -0.05) is 0 Å². The highest BCUT2D eigenvalue weighted by molar-refractivity contribution is 5.96. The largest absolute Gasteiger partial charge is 0.478 e. The number of carboxylic acids is 1. The molecule has 1 amide bonds. The van der Waals surface area contributed by atoms with E-state index in [4.69, 9.17) is 14.6 Å². The third-order valence-electron chi connectivity index (χ3n) is 4.39. The van der Waals surface area contributed by atoms with Crippen LogP contribution in [0.2, 0.25) is 0 Å². The van der Waals surface area contributed by atoms with Crippen LogP contribution in [0.25, 0.3) is 0 Å². The number of halogens is 1. The molecule has 23 heavy (non-hydrogen) atoms. The van der Waals surface area contributed by atoms with Gasteiger partial charge in [0.25, 0.3) is 5.91 Å². The Morgan fingerprint density at radius 1 is 1.22 bits per heavy atom. The van der Waals surface area contributed by atoms with Crippen molar-refractivity contribution in [3.63, 3.8) is 0 Å². The Morgan fingerprint density at radius 3 is 2.61 bits per heavy atom. The quantitative estimate of drug-likeness (QED) is 0.893. The fourth-order valence-electron chi connectivity index (χ4n) is 3.06. The summed E-state index contributed by atoms with van der Waals surface area (Å²) in [6, 6.07) is 3.34. The summed E-state index contributed by atoms with van der Waals surface area (Å²) in [5.41, 5.74) is -0.704. The van der Waals surface area contributed by atoms with Crippen molar-refractivity contribution in [1.82, 2.24) is 4.90 Å². The molecule has 0 radical (unpaired) electrons. The van der Waals surface area contributed by atoms with E-state index in [1.807, 2.05) is 0 Å². The van der Waals surface area contributed by atoms with Crippen molar-refractivity contribution in [3.05, 3.63) is 35.1 Å². The van der Waals surface area contributed by atoms with Gasteiger partial charge in [-0.25, -0.2) is 9.18 Å². The summed E-state index contributed by atoms with van der Waals surface area (Å²) in [5, 5.41) is 8.86. The minimum absolute atomic E-state index is 0.112. The maximum atomic E-state index is 14.1. The molecule has 6 nitrogen and oxygen atoms in total. The molecular weight excluding hydrogens is 305 g/mol. The Balaban J connectivity index is 1.78. The highest BCUT2D eigenvalue weighted by atomic mass is 19.1. The number of aromatic carboxylic acids is 1. The van der Waals surface area contributed by atoms with Gasteiger partial charge in [-0.15, -0.1) is 0 Å². The van der Waals surface area contributed by atoms with Crippen LogP contribution in [0.5, 0.6) is 0 Å². The zero-order chi connectivity index (χ0) is 16.4. The number of hydrogen-bond donors (Lipinski definition) is 1. The van der Waals surface area contributed by atoms with Crippen LogP contribution < -0.4 is 0 Å². The van der Waals surface area contributed by atoms with Crippen molar-refractivity contribution in [1.29, 1.82) is 0 Å². The van der Waals surface area contributed by atoms with Gasteiger partial charge in [-0.05, 0) is 18.2 Å². The first-order valence-corrected chi connectivity index (χ1v) is 7.55. The Morgan fingerprint density at radius 2 is 1.96 bits per heavy atom. The third kappa shape index (κ3) is 3.20. The zero-order valence-electron chi connectivity index (χ0n) is 12.6. The molecule has 0 atom stereocenters. The van der Waals surface area contributed by atoms with Crippen LogP contribution in [0.4, 0.5) is 4.39 Å². The van der Waals surface area contributed by atoms with Crippen LogP contribution in [-0.4, -0.2) is 60.4 Å². The van der Waals surface area contributed by atoms with E-state index in [0.29, 0.717) is 45.8 Å². The number of carbonyl (C=O) groups excluding carboxylic acids is 1. The van der Waals surface area contributed by atoms with E-state index in [-0.39, 0.29) is 11.1 Å². The summed E-state index contributed by atoms with van der Waals surface area (Å²) in [5.74, 6) is -2.48. The number of carbonyl (C=O) groups is 2. The first kappa shape index (κ1) is 15.9. The molecule has 124 valence electrons. The van der Waals surface area contributed by atoms with Crippen molar-refractivity contribution < 1.29 is 28.6 Å². The molecule has 1 aromatic carbocycles. The maximum absolute atomic E-state index is 14.1. The highest BCUT2D eigenvalue weighted by Crippen LogP contribution is 2.30. The second-order valence-corrected chi connectivity index (χ2v) is 5.87. The van der Waals surface area contributed by atoms with E-state index >= 15 is 0 Å². The van der Waals surface area contributed by atoms with Crippen molar-refractivity contribution >= 4 is 11.9 Å². The summed E-state index contributed by atoms with van der Waals surface area (Å²) >= 11 is 0. The summed E-state index contributed by atoms with van der Waals surface area (Å²) in [7, 11) is 0. The molecule has 0 aliphatic carbocycles. The summed E-state index contributed by atoms with van der Waals surface area (Å²) in [4.78, 5) is 25.0. The fraction of sp³-hybridized carbons (Fsp3) is 0.500. The average Bonchev–Trinajstić information content (AvgIpc) is 2.55. The van der Waals surface area contributed by atoms with E-state index < -0.39 is 23.3 Å². The standard InChI is InChI=1S/C16H18FNO5/c17-13-9-11(15(20)21)1-2-12(13)14(19)18-5-8-23-16(10-18)3-6-22-7-4-16/h1-2,9H,3-8,10H2,(H,20,21). The SMILES string of the molecule is O=C(O)c1ccc(C(=O)N2CCOC3(CCOCC3)C2)c(F)c1. The van der Waals surface area contributed by atoms with Gasteiger partial charge in [0.05, 0.1) is 29.9 Å². The van der Waals surface area contributed by atoms with Gasteiger partial charge in [-0.2, -0.15) is 0 Å². The zero-order valence-corrected chi connectivity index (χ0v) is 12.6. The Labute approximate surface area is 132 Å². The average molecular weight is 323 g/mol. The second kappa shape index (κ2) is 6.25. The third-order valence-corrected chi connectivity index (χ3v) is 4.39. The number of ether oxygens (including phenoxy) is 2. The number of nitrogens with zero attached hydrogens (tertiary/aromatic N) is 1. The lowest BCUT2D eigenvalue weighted by Crippen LogP contribution is -2.56. The van der Waals surface area contributed by atoms with Gasteiger partial charge in [0.2, 0.25) is 0 Å². The Kier molecular flexibility index (Phi) is 4.32. The van der Waals surface area contributed by atoms with Gasteiger partial charge in [-0.3, -0.25) is 4.79 Å². The summed E-state index contributed by atoms with van der Waals surface area (Å²) in [6.07, 6.45) is 1.41. The molecule has 0 saturated carbocycles. The molecule has 3 rings (SSSR count). The number of hydrogen-bond acceptors (Lipinski definition) is 4. The molecular formula is C16H18FNO5. The normalized spacial score (nSPS) is 20.5. The maximum Gasteiger partial charge on any atom is 0.335 e. The molecule has 1 N–H and O–H groups in total. The number of morpholine rings is 1. The van der Waals surface area contributed by atoms with Gasteiger partial charge in [0.1, 0.15) is 5.82 Å². The van der Waals surface area contributed by atoms with Crippen molar-refractivity contribution in [2.75, 3.05) is 32.9 Å². The molecule has 1 aromatic rings. The van der Waals surface area contributed by atoms with E-state index in [2.05, 4.69) is 0 Å². The summed E-state index contributed by atoms with van der Waals surface area (Å²) in [6.45, 7) is 2.37. The van der Waals surface area contributed by atoms with Crippen molar-refractivity contribution in [3.8, 4) is 0 Å². The van der Waals surface area contributed by atoms with Crippen LogP contribution in [0.15, 0.2) is 18.2 Å². The van der Waals surface area contributed by atoms with E-state index in [9.17, 15) is 14.0 Å². The molecule has 0 unspecified atom stereocenters. The summed E-state index contributed by atoms with van der Waals surface area (Å²) < 4.78 is 25.3. The number of rotatable bonds is 2. The van der Waals surface area contributed by atoms with Crippen LogP contribution >= 0.6 is 0 Å². The van der Waals surface area contributed by atoms with Crippen LogP contribution in [-0.2, 0) is 9.47 Å². The van der Waals surface area contributed by atoms with Crippen molar-refractivity contribution in [2.45, 2.75) is 18.4 Å². The molecule has 2 saturated heterocycles. The molecule has 2 aliphatic heterocycles. The molecule has 2 aliphatic rings. The highest BCUT2D eigenvalue weighted by Gasteiger charge is 2.40.